The van der Waals surface area contributed by atoms with Crippen molar-refractivity contribution in [2.45, 2.75) is 31.4 Å². The van der Waals surface area contributed by atoms with Crippen LogP contribution in [0.1, 0.15) is 24.8 Å². The second-order valence-electron chi connectivity index (χ2n) is 7.98. The fraction of sp³-hybridized carbons (Fsp3) is 0.667. The molecular formula is C21H32N2O4. The molecule has 3 rings (SSSR count). The lowest BCUT2D eigenvalue weighted by Crippen LogP contribution is -2.64. The van der Waals surface area contributed by atoms with Crippen LogP contribution in [0.25, 0.3) is 0 Å². The van der Waals surface area contributed by atoms with E-state index in [1.54, 1.807) is 26.1 Å². The quantitative estimate of drug-likeness (QED) is 0.651. The van der Waals surface area contributed by atoms with Gasteiger partial charge in [-0.05, 0) is 31.2 Å². The molecule has 2 aliphatic heterocycles. The fourth-order valence-electron chi connectivity index (χ4n) is 4.09. The Kier molecular flexibility index (Phi) is 6.73. The van der Waals surface area contributed by atoms with Gasteiger partial charge in [0.2, 0.25) is 5.91 Å². The van der Waals surface area contributed by atoms with Gasteiger partial charge in [0.1, 0.15) is 12.4 Å². The van der Waals surface area contributed by atoms with E-state index >= 15 is 0 Å². The molecule has 2 fully saturated rings. The molecule has 0 bridgehead atoms. The average Bonchev–Trinajstić information content (AvgIpc) is 2.64. The molecule has 1 unspecified atom stereocenters. The number of likely N-dealkylation sites (tertiary alicyclic amines) is 1. The molecule has 27 heavy (non-hydrogen) atoms. The zero-order valence-corrected chi connectivity index (χ0v) is 16.8. The standard InChI is InChI=1S/C21H32N2O4/c1-22(2)20(24)14-26-10-8-17-9-11-27-21(12-17)15-23(16-21)13-18-6-4-5-7-19(18)25-3/h4-7,17H,8-16H2,1-3H3. The van der Waals surface area contributed by atoms with Gasteiger partial charge >= 0.3 is 0 Å². The zero-order valence-electron chi connectivity index (χ0n) is 16.8. The third-order valence-electron chi connectivity index (χ3n) is 5.60. The first-order valence-electron chi connectivity index (χ1n) is 9.77. The maximum atomic E-state index is 11.6. The van der Waals surface area contributed by atoms with Crippen molar-refractivity contribution < 1.29 is 19.0 Å². The Morgan fingerprint density at radius 2 is 2.11 bits per heavy atom. The summed E-state index contributed by atoms with van der Waals surface area (Å²) in [7, 11) is 5.22. The van der Waals surface area contributed by atoms with Gasteiger partial charge in [-0.15, -0.1) is 0 Å². The van der Waals surface area contributed by atoms with Gasteiger partial charge in [-0.25, -0.2) is 0 Å². The molecule has 6 heteroatoms. The number of ether oxygens (including phenoxy) is 3. The molecule has 0 radical (unpaired) electrons. The maximum absolute atomic E-state index is 11.6. The number of carbonyl (C=O) groups is 1. The van der Waals surface area contributed by atoms with Crippen LogP contribution in [0.3, 0.4) is 0 Å². The van der Waals surface area contributed by atoms with Crippen LogP contribution < -0.4 is 4.74 Å². The first kappa shape index (κ1) is 20.1. The predicted octanol–water partition coefficient (Wildman–Crippen LogP) is 2.17. The SMILES string of the molecule is COc1ccccc1CN1CC2(CC(CCOCC(=O)N(C)C)CCO2)C1. The van der Waals surface area contributed by atoms with Crippen LogP contribution in [0.4, 0.5) is 0 Å². The molecule has 1 amide bonds. The summed E-state index contributed by atoms with van der Waals surface area (Å²) in [6.45, 7) is 4.49. The van der Waals surface area contributed by atoms with E-state index in [-0.39, 0.29) is 18.1 Å². The Morgan fingerprint density at radius 3 is 2.85 bits per heavy atom. The Morgan fingerprint density at radius 1 is 1.33 bits per heavy atom. The number of amides is 1. The molecule has 1 atom stereocenters. The van der Waals surface area contributed by atoms with E-state index in [9.17, 15) is 4.79 Å². The van der Waals surface area contributed by atoms with Crippen molar-refractivity contribution in [1.82, 2.24) is 9.80 Å². The summed E-state index contributed by atoms with van der Waals surface area (Å²) < 4.78 is 17.2. The van der Waals surface area contributed by atoms with Gasteiger partial charge in [0.05, 0.1) is 12.7 Å². The lowest BCUT2D eigenvalue weighted by molar-refractivity contribution is -0.182. The highest BCUT2D eigenvalue weighted by Crippen LogP contribution is 2.39. The minimum Gasteiger partial charge on any atom is -0.496 e. The van der Waals surface area contributed by atoms with Gasteiger partial charge in [0.25, 0.3) is 0 Å². The summed E-state index contributed by atoms with van der Waals surface area (Å²) in [6, 6.07) is 8.20. The lowest BCUT2D eigenvalue weighted by Gasteiger charge is -2.53. The maximum Gasteiger partial charge on any atom is 0.248 e. The van der Waals surface area contributed by atoms with E-state index < -0.39 is 0 Å². The van der Waals surface area contributed by atoms with Gasteiger partial charge in [-0.2, -0.15) is 0 Å². The molecule has 0 saturated carbocycles. The van der Waals surface area contributed by atoms with Crippen molar-refractivity contribution in [3.8, 4) is 5.75 Å². The van der Waals surface area contributed by atoms with Crippen molar-refractivity contribution in [2.24, 2.45) is 5.92 Å². The molecule has 1 aromatic carbocycles. The topological polar surface area (TPSA) is 51.2 Å². The van der Waals surface area contributed by atoms with Crippen LogP contribution in [0.2, 0.25) is 0 Å². The number of hydrogen-bond donors (Lipinski definition) is 0. The van der Waals surface area contributed by atoms with Crippen molar-refractivity contribution in [3.63, 3.8) is 0 Å². The van der Waals surface area contributed by atoms with Gasteiger partial charge in [-0.3, -0.25) is 9.69 Å². The highest BCUT2D eigenvalue weighted by atomic mass is 16.5. The van der Waals surface area contributed by atoms with Crippen LogP contribution in [0.15, 0.2) is 24.3 Å². The third kappa shape index (κ3) is 5.21. The molecule has 0 aromatic heterocycles. The minimum absolute atomic E-state index is 0.00435. The molecule has 2 saturated heterocycles. The second-order valence-corrected chi connectivity index (χ2v) is 7.98. The molecular weight excluding hydrogens is 344 g/mol. The first-order chi connectivity index (χ1) is 13.0. The number of hydrogen-bond acceptors (Lipinski definition) is 5. The van der Waals surface area contributed by atoms with E-state index in [2.05, 4.69) is 17.0 Å². The molecule has 6 nitrogen and oxygen atoms in total. The number of benzene rings is 1. The molecule has 0 N–H and O–H groups in total. The Labute approximate surface area is 162 Å². The number of rotatable bonds is 8. The normalized spacial score (nSPS) is 21.7. The Hall–Kier alpha value is -1.63. The third-order valence-corrected chi connectivity index (χ3v) is 5.60. The minimum atomic E-state index is 0.00435. The van der Waals surface area contributed by atoms with Gasteiger partial charge < -0.3 is 19.1 Å². The predicted molar refractivity (Wildman–Crippen MR) is 104 cm³/mol. The molecule has 2 heterocycles. The fourth-order valence-corrected chi connectivity index (χ4v) is 4.09. The average molecular weight is 376 g/mol. The number of carbonyl (C=O) groups excluding carboxylic acids is 1. The van der Waals surface area contributed by atoms with E-state index in [4.69, 9.17) is 14.2 Å². The largest absolute Gasteiger partial charge is 0.496 e. The summed E-state index contributed by atoms with van der Waals surface area (Å²) in [4.78, 5) is 15.5. The monoisotopic (exact) mass is 376 g/mol. The summed E-state index contributed by atoms with van der Waals surface area (Å²) in [5.41, 5.74) is 1.23. The molecule has 0 aliphatic carbocycles. The first-order valence-corrected chi connectivity index (χ1v) is 9.77. The van der Waals surface area contributed by atoms with Crippen LogP contribution in [0.5, 0.6) is 5.75 Å². The summed E-state index contributed by atoms with van der Waals surface area (Å²) >= 11 is 0. The van der Waals surface area contributed by atoms with Gasteiger partial charge in [0.15, 0.2) is 0 Å². The Balaban J connectivity index is 1.41. The number of methoxy groups -OCH3 is 1. The smallest absolute Gasteiger partial charge is 0.248 e. The number of nitrogens with zero attached hydrogens (tertiary/aromatic N) is 2. The van der Waals surface area contributed by atoms with Crippen molar-refractivity contribution in [1.29, 1.82) is 0 Å². The van der Waals surface area contributed by atoms with E-state index in [0.717, 1.165) is 51.3 Å². The Bertz CT molecular complexity index is 628. The van der Waals surface area contributed by atoms with E-state index in [1.807, 2.05) is 12.1 Å². The summed E-state index contributed by atoms with van der Waals surface area (Å²) in [6.07, 6.45) is 3.16. The van der Waals surface area contributed by atoms with Crippen molar-refractivity contribution >= 4 is 5.91 Å². The lowest BCUT2D eigenvalue weighted by atomic mass is 9.79. The van der Waals surface area contributed by atoms with Crippen LogP contribution in [-0.4, -0.2) is 75.4 Å². The van der Waals surface area contributed by atoms with Crippen molar-refractivity contribution in [2.75, 3.05) is 54.1 Å². The summed E-state index contributed by atoms with van der Waals surface area (Å²) in [5, 5.41) is 0. The zero-order chi connectivity index (χ0) is 19.3. The molecule has 150 valence electrons. The van der Waals surface area contributed by atoms with E-state index in [1.165, 1.54) is 5.56 Å². The highest BCUT2D eigenvalue weighted by molar-refractivity contribution is 5.76. The van der Waals surface area contributed by atoms with E-state index in [0.29, 0.717) is 12.5 Å². The van der Waals surface area contributed by atoms with Crippen molar-refractivity contribution in [3.05, 3.63) is 29.8 Å². The van der Waals surface area contributed by atoms with Crippen LogP contribution >= 0.6 is 0 Å². The molecule has 1 aromatic rings. The highest BCUT2D eigenvalue weighted by Gasteiger charge is 2.47. The number of likely N-dealkylation sites (N-methyl/N-ethyl adjacent to an activating group) is 1. The summed E-state index contributed by atoms with van der Waals surface area (Å²) in [5.74, 6) is 1.58. The van der Waals surface area contributed by atoms with Gasteiger partial charge in [0, 0.05) is 52.5 Å². The second kappa shape index (κ2) is 9.04. The molecule has 1 spiro atoms. The molecule has 2 aliphatic rings. The van der Waals surface area contributed by atoms with Crippen LogP contribution in [0, 0.1) is 5.92 Å². The van der Waals surface area contributed by atoms with Crippen LogP contribution in [-0.2, 0) is 20.8 Å². The van der Waals surface area contributed by atoms with Gasteiger partial charge in [-0.1, -0.05) is 18.2 Å². The number of para-hydroxylation sites is 1.